The molecule has 2 heteroatoms. The number of rotatable bonds is 1. The number of hydrogen-bond donors (Lipinski definition) is 0. The Morgan fingerprint density at radius 3 is 2.76 bits per heavy atom. The third kappa shape index (κ3) is 1.68. The summed E-state index contributed by atoms with van der Waals surface area (Å²) in [6.07, 6.45) is 5.08. The Morgan fingerprint density at radius 1 is 1.24 bits per heavy atom. The molecular weight excluding hydrogens is 210 g/mol. The molecule has 1 fully saturated rings. The van der Waals surface area contributed by atoms with Gasteiger partial charge in [0.05, 0.1) is 0 Å². The van der Waals surface area contributed by atoms with Crippen molar-refractivity contribution in [3.63, 3.8) is 0 Å². The second-order valence-corrected chi connectivity index (χ2v) is 5.30. The van der Waals surface area contributed by atoms with E-state index in [1.54, 1.807) is 0 Å². The van der Waals surface area contributed by atoms with Crippen molar-refractivity contribution in [1.29, 1.82) is 0 Å². The monoisotopic (exact) mass is 227 g/mol. The SMILES string of the molecule is C[C@@]12CCCN1C(=O)C=C(c1ccccc1)C2. The molecule has 1 saturated heterocycles. The van der Waals surface area contributed by atoms with Gasteiger partial charge in [-0.2, -0.15) is 0 Å². The molecule has 0 spiro atoms. The van der Waals surface area contributed by atoms with E-state index >= 15 is 0 Å². The summed E-state index contributed by atoms with van der Waals surface area (Å²) in [6.45, 7) is 3.14. The standard InChI is InChI=1S/C15H17NO/c1-15-8-5-9-16(15)14(17)10-13(11-15)12-6-3-2-4-7-12/h2-4,6-7,10H,5,8-9,11H2,1H3/t15-/m0/s1. The summed E-state index contributed by atoms with van der Waals surface area (Å²) in [5, 5.41) is 0. The van der Waals surface area contributed by atoms with Gasteiger partial charge in [-0.05, 0) is 37.3 Å². The van der Waals surface area contributed by atoms with Gasteiger partial charge in [-0.15, -0.1) is 0 Å². The zero-order valence-electron chi connectivity index (χ0n) is 10.1. The van der Waals surface area contributed by atoms with Crippen LogP contribution < -0.4 is 0 Å². The van der Waals surface area contributed by atoms with Crippen LogP contribution >= 0.6 is 0 Å². The van der Waals surface area contributed by atoms with E-state index in [0.717, 1.165) is 25.8 Å². The maximum atomic E-state index is 12.1. The van der Waals surface area contributed by atoms with E-state index in [1.165, 1.54) is 11.1 Å². The molecule has 2 heterocycles. The minimum atomic E-state index is 0.0526. The van der Waals surface area contributed by atoms with E-state index in [4.69, 9.17) is 0 Å². The number of hydrogen-bond acceptors (Lipinski definition) is 1. The van der Waals surface area contributed by atoms with Crippen molar-refractivity contribution < 1.29 is 4.79 Å². The summed E-state index contributed by atoms with van der Waals surface area (Å²) >= 11 is 0. The highest BCUT2D eigenvalue weighted by molar-refractivity contribution is 5.98. The molecule has 0 N–H and O–H groups in total. The van der Waals surface area contributed by atoms with Crippen molar-refractivity contribution in [2.24, 2.45) is 0 Å². The highest BCUT2D eigenvalue weighted by Gasteiger charge is 2.42. The van der Waals surface area contributed by atoms with Gasteiger partial charge < -0.3 is 4.90 Å². The number of benzene rings is 1. The number of amides is 1. The van der Waals surface area contributed by atoms with Gasteiger partial charge in [-0.1, -0.05) is 30.3 Å². The first-order valence-corrected chi connectivity index (χ1v) is 6.27. The van der Waals surface area contributed by atoms with Crippen LogP contribution in [0.2, 0.25) is 0 Å². The van der Waals surface area contributed by atoms with E-state index in [9.17, 15) is 4.79 Å². The maximum Gasteiger partial charge on any atom is 0.247 e. The van der Waals surface area contributed by atoms with Gasteiger partial charge in [0.25, 0.3) is 0 Å². The number of carbonyl (C=O) groups excluding carboxylic acids is 1. The second-order valence-electron chi connectivity index (χ2n) is 5.30. The van der Waals surface area contributed by atoms with Gasteiger partial charge in [-0.25, -0.2) is 0 Å². The Labute approximate surface area is 102 Å². The summed E-state index contributed by atoms with van der Waals surface area (Å²) in [7, 11) is 0. The lowest BCUT2D eigenvalue weighted by atomic mass is 9.84. The Hall–Kier alpha value is -1.57. The number of nitrogens with zero attached hydrogens (tertiary/aromatic N) is 1. The quantitative estimate of drug-likeness (QED) is 0.722. The first kappa shape index (κ1) is 10.6. The molecule has 0 saturated carbocycles. The Morgan fingerprint density at radius 2 is 2.00 bits per heavy atom. The highest BCUT2D eigenvalue weighted by atomic mass is 16.2. The maximum absolute atomic E-state index is 12.1. The van der Waals surface area contributed by atoms with E-state index in [-0.39, 0.29) is 11.4 Å². The van der Waals surface area contributed by atoms with Gasteiger partial charge in [0.1, 0.15) is 0 Å². The topological polar surface area (TPSA) is 20.3 Å². The molecule has 0 aliphatic carbocycles. The lowest BCUT2D eigenvalue weighted by Gasteiger charge is -2.39. The molecule has 3 rings (SSSR count). The third-order valence-electron chi connectivity index (χ3n) is 4.03. The Balaban J connectivity index is 1.99. The van der Waals surface area contributed by atoms with Crippen molar-refractivity contribution in [1.82, 2.24) is 4.90 Å². The normalized spacial score (nSPS) is 27.9. The van der Waals surface area contributed by atoms with Crippen molar-refractivity contribution >= 4 is 11.5 Å². The minimum Gasteiger partial charge on any atom is -0.333 e. The predicted molar refractivity (Wildman–Crippen MR) is 68.4 cm³/mol. The fourth-order valence-corrected chi connectivity index (χ4v) is 3.11. The van der Waals surface area contributed by atoms with E-state index < -0.39 is 0 Å². The molecule has 1 aromatic rings. The summed E-state index contributed by atoms with van der Waals surface area (Å²) in [6, 6.07) is 10.3. The predicted octanol–water partition coefficient (Wildman–Crippen LogP) is 2.85. The van der Waals surface area contributed by atoms with Crippen LogP contribution in [0.4, 0.5) is 0 Å². The van der Waals surface area contributed by atoms with Crippen molar-refractivity contribution in [3.8, 4) is 0 Å². The fraction of sp³-hybridized carbons (Fsp3) is 0.400. The first-order valence-electron chi connectivity index (χ1n) is 6.27. The van der Waals surface area contributed by atoms with Gasteiger partial charge >= 0.3 is 0 Å². The number of fused-ring (bicyclic) bond motifs is 1. The van der Waals surface area contributed by atoms with Crippen LogP contribution in [-0.4, -0.2) is 22.9 Å². The van der Waals surface area contributed by atoms with Crippen LogP contribution in [0.1, 0.15) is 31.7 Å². The average molecular weight is 227 g/mol. The molecule has 0 unspecified atom stereocenters. The van der Waals surface area contributed by atoms with Crippen LogP contribution in [0.25, 0.3) is 5.57 Å². The van der Waals surface area contributed by atoms with Gasteiger partial charge in [-0.3, -0.25) is 4.79 Å². The lowest BCUT2D eigenvalue weighted by Crippen LogP contribution is -2.47. The average Bonchev–Trinajstić information content (AvgIpc) is 2.72. The fourth-order valence-electron chi connectivity index (χ4n) is 3.11. The molecule has 88 valence electrons. The molecule has 17 heavy (non-hydrogen) atoms. The van der Waals surface area contributed by atoms with Crippen LogP contribution in [0.3, 0.4) is 0 Å². The van der Waals surface area contributed by atoms with Crippen LogP contribution in [0.5, 0.6) is 0 Å². The molecular formula is C15H17NO. The molecule has 1 atom stereocenters. The molecule has 2 aliphatic heterocycles. The molecule has 0 bridgehead atoms. The second kappa shape index (κ2) is 3.73. The van der Waals surface area contributed by atoms with Crippen LogP contribution in [-0.2, 0) is 4.79 Å². The zero-order chi connectivity index (χ0) is 11.9. The highest BCUT2D eigenvalue weighted by Crippen LogP contribution is 2.40. The smallest absolute Gasteiger partial charge is 0.247 e. The van der Waals surface area contributed by atoms with Crippen molar-refractivity contribution in [2.45, 2.75) is 31.7 Å². The van der Waals surface area contributed by atoms with E-state index in [2.05, 4.69) is 19.1 Å². The largest absolute Gasteiger partial charge is 0.333 e. The molecule has 2 nitrogen and oxygen atoms in total. The molecule has 2 aliphatic rings. The van der Waals surface area contributed by atoms with Gasteiger partial charge in [0.15, 0.2) is 0 Å². The minimum absolute atomic E-state index is 0.0526. The Kier molecular flexibility index (Phi) is 2.32. The van der Waals surface area contributed by atoms with Gasteiger partial charge in [0, 0.05) is 18.2 Å². The van der Waals surface area contributed by atoms with Crippen LogP contribution in [0.15, 0.2) is 36.4 Å². The first-order chi connectivity index (χ1) is 8.19. The molecule has 0 radical (unpaired) electrons. The van der Waals surface area contributed by atoms with E-state index in [0.29, 0.717) is 0 Å². The zero-order valence-corrected chi connectivity index (χ0v) is 10.1. The molecule has 1 aromatic carbocycles. The third-order valence-corrected chi connectivity index (χ3v) is 4.03. The van der Waals surface area contributed by atoms with Crippen LogP contribution in [0, 0.1) is 0 Å². The summed E-state index contributed by atoms with van der Waals surface area (Å²) < 4.78 is 0. The van der Waals surface area contributed by atoms with Gasteiger partial charge in [0.2, 0.25) is 5.91 Å². The summed E-state index contributed by atoms with van der Waals surface area (Å²) in [5.74, 6) is 0.190. The molecule has 1 amide bonds. The van der Waals surface area contributed by atoms with Crippen molar-refractivity contribution in [2.75, 3.05) is 6.54 Å². The number of carbonyl (C=O) groups is 1. The summed E-state index contributed by atoms with van der Waals surface area (Å²) in [5.41, 5.74) is 2.43. The Bertz CT molecular complexity index is 477. The lowest BCUT2D eigenvalue weighted by molar-refractivity contribution is -0.130. The molecule has 0 aromatic heterocycles. The van der Waals surface area contributed by atoms with E-state index in [1.807, 2.05) is 29.2 Å². The van der Waals surface area contributed by atoms with Crippen molar-refractivity contribution in [3.05, 3.63) is 42.0 Å². The summed E-state index contributed by atoms with van der Waals surface area (Å²) in [4.78, 5) is 14.2.